The van der Waals surface area contributed by atoms with Gasteiger partial charge in [-0.05, 0) is 36.8 Å². The van der Waals surface area contributed by atoms with Gasteiger partial charge in [0.05, 0.1) is 5.71 Å². The Bertz CT molecular complexity index is 592. The number of nitrogens with one attached hydrogen (secondary N) is 1. The third-order valence-corrected chi connectivity index (χ3v) is 2.52. The Morgan fingerprint density at radius 2 is 2.00 bits per heavy atom. The van der Waals surface area contributed by atoms with Crippen LogP contribution in [0.5, 0.6) is 5.75 Å². The standard InChI is InChI=1S/C12H12ClN5O/c1-7(8-2-4-9(19)5-3-8)17-18-12-15-10(13)6-11(14)16-12/h2-6,19H,1H3,(H3,14,15,16,18). The van der Waals surface area contributed by atoms with E-state index in [0.717, 1.165) is 5.56 Å². The first kappa shape index (κ1) is 13.1. The van der Waals surface area contributed by atoms with Crippen molar-refractivity contribution in [3.8, 4) is 5.75 Å². The fourth-order valence-electron chi connectivity index (χ4n) is 1.39. The van der Waals surface area contributed by atoms with Crippen LogP contribution in [0.1, 0.15) is 12.5 Å². The average molecular weight is 278 g/mol. The second kappa shape index (κ2) is 5.53. The Morgan fingerprint density at radius 1 is 1.32 bits per heavy atom. The van der Waals surface area contributed by atoms with Crippen molar-refractivity contribution in [3.63, 3.8) is 0 Å². The predicted octanol–water partition coefficient (Wildman–Crippen LogP) is 2.25. The van der Waals surface area contributed by atoms with Crippen molar-refractivity contribution in [3.05, 3.63) is 41.0 Å². The van der Waals surface area contributed by atoms with E-state index in [-0.39, 0.29) is 22.7 Å². The van der Waals surface area contributed by atoms with E-state index in [1.165, 1.54) is 6.07 Å². The maximum absolute atomic E-state index is 9.20. The maximum atomic E-state index is 9.20. The fourth-order valence-corrected chi connectivity index (χ4v) is 1.58. The minimum Gasteiger partial charge on any atom is -0.508 e. The molecule has 1 aromatic carbocycles. The SMILES string of the molecule is CC(=NNc1nc(N)cc(Cl)n1)c1ccc(O)cc1. The van der Waals surface area contributed by atoms with Crippen molar-refractivity contribution < 1.29 is 5.11 Å². The summed E-state index contributed by atoms with van der Waals surface area (Å²) in [6.45, 7) is 1.81. The summed E-state index contributed by atoms with van der Waals surface area (Å²) < 4.78 is 0. The second-order valence-electron chi connectivity index (χ2n) is 3.80. The first-order chi connectivity index (χ1) is 9.04. The molecule has 0 spiro atoms. The van der Waals surface area contributed by atoms with E-state index in [9.17, 15) is 5.11 Å². The molecule has 0 saturated heterocycles. The second-order valence-corrected chi connectivity index (χ2v) is 4.18. The Kier molecular flexibility index (Phi) is 3.82. The largest absolute Gasteiger partial charge is 0.508 e. The molecule has 0 unspecified atom stereocenters. The van der Waals surface area contributed by atoms with Crippen LogP contribution < -0.4 is 11.2 Å². The minimum atomic E-state index is 0.204. The number of nitrogen functional groups attached to an aromatic ring is 1. The number of aromatic nitrogens is 2. The van der Waals surface area contributed by atoms with Gasteiger partial charge in [-0.3, -0.25) is 0 Å². The van der Waals surface area contributed by atoms with Crippen LogP contribution in [0.15, 0.2) is 35.4 Å². The number of hydrogen-bond acceptors (Lipinski definition) is 6. The highest BCUT2D eigenvalue weighted by Crippen LogP contribution is 2.13. The van der Waals surface area contributed by atoms with Gasteiger partial charge in [0.1, 0.15) is 16.7 Å². The molecule has 0 fully saturated rings. The summed E-state index contributed by atoms with van der Waals surface area (Å²) in [7, 11) is 0. The van der Waals surface area contributed by atoms with Crippen LogP contribution in [0.4, 0.5) is 11.8 Å². The summed E-state index contributed by atoms with van der Waals surface area (Å²) in [5.41, 5.74) is 9.79. The zero-order chi connectivity index (χ0) is 13.8. The number of phenols is 1. The molecule has 0 atom stereocenters. The molecule has 0 aliphatic rings. The van der Waals surface area contributed by atoms with Crippen LogP contribution >= 0.6 is 11.6 Å². The lowest BCUT2D eigenvalue weighted by Gasteiger charge is -2.03. The topological polar surface area (TPSA) is 96.4 Å². The van der Waals surface area contributed by atoms with Crippen molar-refractivity contribution in [2.45, 2.75) is 6.92 Å². The summed E-state index contributed by atoms with van der Waals surface area (Å²) in [5, 5.41) is 13.6. The van der Waals surface area contributed by atoms with Gasteiger partial charge in [0.2, 0.25) is 5.95 Å². The molecule has 0 aliphatic carbocycles. The lowest BCUT2D eigenvalue weighted by molar-refractivity contribution is 0.475. The average Bonchev–Trinajstić information content (AvgIpc) is 2.36. The molecule has 0 saturated carbocycles. The highest BCUT2D eigenvalue weighted by atomic mass is 35.5. The predicted molar refractivity (Wildman–Crippen MR) is 75.4 cm³/mol. The van der Waals surface area contributed by atoms with Crippen LogP contribution in [0.25, 0.3) is 0 Å². The normalized spacial score (nSPS) is 11.4. The van der Waals surface area contributed by atoms with Gasteiger partial charge in [0, 0.05) is 6.07 Å². The van der Waals surface area contributed by atoms with E-state index in [1.54, 1.807) is 24.3 Å². The van der Waals surface area contributed by atoms with Crippen molar-refractivity contribution in [1.29, 1.82) is 0 Å². The number of rotatable bonds is 3. The molecule has 7 heteroatoms. The fraction of sp³-hybridized carbons (Fsp3) is 0.0833. The van der Waals surface area contributed by atoms with Gasteiger partial charge in [-0.25, -0.2) is 5.43 Å². The number of hydrogen-bond donors (Lipinski definition) is 3. The molecule has 0 aliphatic heterocycles. The quantitative estimate of drug-likeness (QED) is 0.454. The van der Waals surface area contributed by atoms with Gasteiger partial charge in [-0.15, -0.1) is 0 Å². The van der Waals surface area contributed by atoms with Gasteiger partial charge >= 0.3 is 0 Å². The van der Waals surface area contributed by atoms with Gasteiger partial charge in [0.15, 0.2) is 0 Å². The molecule has 0 radical (unpaired) electrons. The highest BCUT2D eigenvalue weighted by molar-refractivity contribution is 6.29. The Morgan fingerprint density at radius 3 is 2.63 bits per heavy atom. The molecule has 1 heterocycles. The Labute approximate surface area is 115 Å². The van der Waals surface area contributed by atoms with Gasteiger partial charge < -0.3 is 10.8 Å². The van der Waals surface area contributed by atoms with Crippen LogP contribution in [-0.4, -0.2) is 20.8 Å². The molecule has 19 heavy (non-hydrogen) atoms. The Hall–Kier alpha value is -2.34. The van der Waals surface area contributed by atoms with E-state index in [2.05, 4.69) is 20.5 Å². The molecule has 0 amide bonds. The van der Waals surface area contributed by atoms with Crippen molar-refractivity contribution in [2.24, 2.45) is 5.10 Å². The van der Waals surface area contributed by atoms with E-state index < -0.39 is 0 Å². The molecular formula is C12H12ClN5O. The number of nitrogens with zero attached hydrogens (tertiary/aromatic N) is 3. The molecule has 6 nitrogen and oxygen atoms in total. The molecule has 0 bridgehead atoms. The van der Waals surface area contributed by atoms with Crippen molar-refractivity contribution in [2.75, 3.05) is 11.2 Å². The lowest BCUT2D eigenvalue weighted by Crippen LogP contribution is -2.03. The summed E-state index contributed by atoms with van der Waals surface area (Å²) in [4.78, 5) is 7.87. The number of nitrogens with two attached hydrogens (primary N) is 1. The summed E-state index contributed by atoms with van der Waals surface area (Å²) in [6.07, 6.45) is 0. The number of hydrazone groups is 1. The zero-order valence-corrected chi connectivity index (χ0v) is 10.9. The van der Waals surface area contributed by atoms with Crippen molar-refractivity contribution in [1.82, 2.24) is 9.97 Å². The molecule has 1 aromatic heterocycles. The van der Waals surface area contributed by atoms with Gasteiger partial charge in [-0.1, -0.05) is 11.6 Å². The number of halogens is 1. The van der Waals surface area contributed by atoms with E-state index in [4.69, 9.17) is 17.3 Å². The summed E-state index contributed by atoms with van der Waals surface area (Å²) >= 11 is 5.75. The van der Waals surface area contributed by atoms with E-state index in [1.807, 2.05) is 6.92 Å². The molecule has 98 valence electrons. The van der Waals surface area contributed by atoms with E-state index >= 15 is 0 Å². The highest BCUT2D eigenvalue weighted by Gasteiger charge is 2.01. The summed E-state index contributed by atoms with van der Waals surface area (Å²) in [5.74, 6) is 0.693. The lowest BCUT2D eigenvalue weighted by atomic mass is 10.1. The van der Waals surface area contributed by atoms with Crippen LogP contribution in [0, 0.1) is 0 Å². The van der Waals surface area contributed by atoms with E-state index in [0.29, 0.717) is 5.71 Å². The monoisotopic (exact) mass is 277 g/mol. The molecular weight excluding hydrogens is 266 g/mol. The van der Waals surface area contributed by atoms with Gasteiger partial charge in [0.25, 0.3) is 0 Å². The van der Waals surface area contributed by atoms with Crippen LogP contribution in [-0.2, 0) is 0 Å². The number of anilines is 2. The number of aromatic hydroxyl groups is 1. The Balaban J connectivity index is 2.15. The first-order valence-corrected chi connectivity index (χ1v) is 5.82. The maximum Gasteiger partial charge on any atom is 0.246 e. The number of benzene rings is 1. The molecule has 2 rings (SSSR count). The number of phenolic OH excluding ortho intramolecular Hbond substituents is 1. The van der Waals surface area contributed by atoms with Crippen molar-refractivity contribution >= 4 is 29.1 Å². The first-order valence-electron chi connectivity index (χ1n) is 5.44. The van der Waals surface area contributed by atoms with Crippen LogP contribution in [0.3, 0.4) is 0 Å². The zero-order valence-electron chi connectivity index (χ0n) is 10.1. The van der Waals surface area contributed by atoms with Crippen LogP contribution in [0.2, 0.25) is 5.15 Å². The van der Waals surface area contributed by atoms with Gasteiger partial charge in [-0.2, -0.15) is 15.1 Å². The minimum absolute atomic E-state index is 0.204. The third-order valence-electron chi connectivity index (χ3n) is 2.32. The molecule has 4 N–H and O–H groups in total. The third kappa shape index (κ3) is 3.56. The molecule has 2 aromatic rings. The summed E-state index contributed by atoms with van der Waals surface area (Å²) in [6, 6.07) is 8.12. The smallest absolute Gasteiger partial charge is 0.246 e.